The van der Waals surface area contributed by atoms with Crippen LogP contribution in [0, 0.1) is 22.0 Å². The number of anilines is 1. The van der Waals surface area contributed by atoms with Crippen LogP contribution in [0.5, 0.6) is 0 Å². The number of hydrogen-bond acceptors (Lipinski definition) is 5. The van der Waals surface area contributed by atoms with Crippen molar-refractivity contribution in [2.75, 3.05) is 11.9 Å². The molecule has 20 heavy (non-hydrogen) atoms. The van der Waals surface area contributed by atoms with E-state index in [4.69, 9.17) is 16.7 Å². The molecule has 1 fully saturated rings. The van der Waals surface area contributed by atoms with E-state index in [2.05, 4.69) is 10.3 Å². The van der Waals surface area contributed by atoms with Crippen molar-refractivity contribution in [1.82, 2.24) is 4.98 Å². The number of aromatic nitrogens is 1. The molecule has 1 aliphatic rings. The lowest BCUT2D eigenvalue weighted by Gasteiger charge is -2.16. The van der Waals surface area contributed by atoms with Crippen LogP contribution in [0.4, 0.5) is 11.5 Å². The first-order valence-electron chi connectivity index (χ1n) is 6.25. The molecule has 0 spiro atoms. The molecule has 108 valence electrons. The Hall–Kier alpha value is -1.89. The molecule has 0 aromatic carbocycles. The fourth-order valence-corrected chi connectivity index (χ4v) is 2.69. The SMILES string of the molecule is O=C(O)C1CCCC1CNc1ncc(Cl)cc1[N+](=O)[O-]. The molecule has 0 radical (unpaired) electrons. The highest BCUT2D eigenvalue weighted by atomic mass is 35.5. The quantitative estimate of drug-likeness (QED) is 0.639. The first-order chi connectivity index (χ1) is 9.49. The maximum Gasteiger partial charge on any atom is 0.312 e. The lowest BCUT2D eigenvalue weighted by molar-refractivity contribution is -0.384. The maximum atomic E-state index is 11.1. The third-order valence-electron chi connectivity index (χ3n) is 3.54. The van der Waals surface area contributed by atoms with E-state index in [-0.39, 0.29) is 22.4 Å². The summed E-state index contributed by atoms with van der Waals surface area (Å²) in [7, 11) is 0. The highest BCUT2D eigenvalue weighted by Gasteiger charge is 2.33. The molecule has 2 N–H and O–H groups in total. The van der Waals surface area contributed by atoms with Gasteiger partial charge in [0.25, 0.3) is 0 Å². The molecule has 0 amide bonds. The van der Waals surface area contributed by atoms with Crippen molar-refractivity contribution in [2.45, 2.75) is 19.3 Å². The normalized spacial score (nSPS) is 21.6. The lowest BCUT2D eigenvalue weighted by Crippen LogP contribution is -2.24. The van der Waals surface area contributed by atoms with Gasteiger partial charge < -0.3 is 10.4 Å². The fourth-order valence-electron chi connectivity index (χ4n) is 2.54. The second kappa shape index (κ2) is 6.04. The maximum absolute atomic E-state index is 11.1. The van der Waals surface area contributed by atoms with Crippen LogP contribution < -0.4 is 5.32 Å². The Balaban J connectivity index is 2.07. The second-order valence-electron chi connectivity index (χ2n) is 4.79. The molecule has 2 atom stereocenters. The van der Waals surface area contributed by atoms with Crippen LogP contribution in [0.1, 0.15) is 19.3 Å². The summed E-state index contributed by atoms with van der Waals surface area (Å²) >= 11 is 5.68. The summed E-state index contributed by atoms with van der Waals surface area (Å²) < 4.78 is 0. The molecule has 1 aromatic heterocycles. The smallest absolute Gasteiger partial charge is 0.312 e. The number of carboxylic acid groups (broad SMARTS) is 1. The minimum absolute atomic E-state index is 0.0374. The van der Waals surface area contributed by atoms with Crippen molar-refractivity contribution < 1.29 is 14.8 Å². The van der Waals surface area contributed by atoms with E-state index in [0.29, 0.717) is 13.0 Å². The van der Waals surface area contributed by atoms with Gasteiger partial charge in [-0.1, -0.05) is 18.0 Å². The summed E-state index contributed by atoms with van der Waals surface area (Å²) in [5.74, 6) is -1.12. The third kappa shape index (κ3) is 3.16. The Labute approximate surface area is 120 Å². The minimum atomic E-state index is -0.812. The van der Waals surface area contributed by atoms with Gasteiger partial charge in [-0.2, -0.15) is 0 Å². The zero-order chi connectivity index (χ0) is 14.7. The molecule has 0 saturated heterocycles. The Morgan fingerprint density at radius 1 is 1.60 bits per heavy atom. The van der Waals surface area contributed by atoms with Crippen LogP contribution in [-0.2, 0) is 4.79 Å². The number of carboxylic acids is 1. The summed E-state index contributed by atoms with van der Waals surface area (Å²) in [6.07, 6.45) is 3.63. The predicted octanol–water partition coefficient (Wildman–Crippen LogP) is 2.56. The van der Waals surface area contributed by atoms with Crippen molar-refractivity contribution in [2.24, 2.45) is 11.8 Å². The van der Waals surface area contributed by atoms with Crippen molar-refractivity contribution in [3.63, 3.8) is 0 Å². The van der Waals surface area contributed by atoms with Crippen molar-refractivity contribution in [3.8, 4) is 0 Å². The molecule has 2 rings (SSSR count). The summed E-state index contributed by atoms with van der Waals surface area (Å²) in [5, 5.41) is 23.1. The van der Waals surface area contributed by atoms with E-state index in [1.54, 1.807) is 0 Å². The number of carbonyl (C=O) groups is 1. The molecule has 1 aliphatic carbocycles. The van der Waals surface area contributed by atoms with Gasteiger partial charge in [0.15, 0.2) is 0 Å². The highest BCUT2D eigenvalue weighted by Crippen LogP contribution is 2.33. The third-order valence-corrected chi connectivity index (χ3v) is 3.75. The van der Waals surface area contributed by atoms with Gasteiger partial charge in [0, 0.05) is 18.8 Å². The standard InChI is InChI=1S/C12H14ClN3O4/c13-8-4-10(16(19)20)11(15-6-8)14-5-7-2-1-3-9(7)12(17)18/h4,6-7,9H,1-3,5H2,(H,14,15)(H,17,18). The van der Waals surface area contributed by atoms with Crippen molar-refractivity contribution in [1.29, 1.82) is 0 Å². The lowest BCUT2D eigenvalue weighted by atomic mass is 9.96. The Morgan fingerprint density at radius 3 is 3.00 bits per heavy atom. The van der Waals surface area contributed by atoms with E-state index in [1.165, 1.54) is 12.3 Å². The molecule has 8 heteroatoms. The van der Waals surface area contributed by atoms with Gasteiger partial charge >= 0.3 is 11.7 Å². The van der Waals surface area contributed by atoms with Crippen molar-refractivity contribution in [3.05, 3.63) is 27.4 Å². The van der Waals surface area contributed by atoms with Gasteiger partial charge in [0.2, 0.25) is 5.82 Å². The van der Waals surface area contributed by atoms with Gasteiger partial charge in [0.1, 0.15) is 0 Å². The van der Waals surface area contributed by atoms with Gasteiger partial charge in [-0.15, -0.1) is 0 Å². The van der Waals surface area contributed by atoms with Gasteiger partial charge in [-0.05, 0) is 18.8 Å². The number of nitrogens with one attached hydrogen (secondary N) is 1. The van der Waals surface area contributed by atoms with Crippen LogP contribution in [0.2, 0.25) is 5.02 Å². The molecule has 0 aliphatic heterocycles. The Kier molecular flexibility index (Phi) is 4.39. The number of nitro groups is 1. The molecule has 0 bridgehead atoms. The average molecular weight is 300 g/mol. The summed E-state index contributed by atoms with van der Waals surface area (Å²) in [6.45, 7) is 0.354. The summed E-state index contributed by atoms with van der Waals surface area (Å²) in [4.78, 5) is 25.3. The second-order valence-corrected chi connectivity index (χ2v) is 5.23. The topological polar surface area (TPSA) is 105 Å². The van der Waals surface area contributed by atoms with Crippen LogP contribution >= 0.6 is 11.6 Å². The van der Waals surface area contributed by atoms with Crippen molar-refractivity contribution >= 4 is 29.1 Å². The number of hydrogen-bond donors (Lipinski definition) is 2. The zero-order valence-corrected chi connectivity index (χ0v) is 11.3. The Morgan fingerprint density at radius 2 is 2.35 bits per heavy atom. The number of rotatable bonds is 5. The monoisotopic (exact) mass is 299 g/mol. The highest BCUT2D eigenvalue weighted by molar-refractivity contribution is 6.30. The first kappa shape index (κ1) is 14.5. The number of aliphatic carboxylic acids is 1. The fraction of sp³-hybridized carbons (Fsp3) is 0.500. The molecule has 7 nitrogen and oxygen atoms in total. The van der Waals surface area contributed by atoms with Crippen LogP contribution in [0.15, 0.2) is 12.3 Å². The average Bonchev–Trinajstić information content (AvgIpc) is 2.85. The van der Waals surface area contributed by atoms with Crippen LogP contribution in [0.3, 0.4) is 0 Å². The zero-order valence-electron chi connectivity index (χ0n) is 10.6. The van der Waals surface area contributed by atoms with Crippen LogP contribution in [-0.4, -0.2) is 27.5 Å². The molecular formula is C12H14ClN3O4. The molecule has 1 heterocycles. The number of pyridine rings is 1. The predicted molar refractivity (Wildman–Crippen MR) is 72.9 cm³/mol. The van der Waals surface area contributed by atoms with E-state index in [9.17, 15) is 14.9 Å². The molecule has 1 saturated carbocycles. The largest absolute Gasteiger partial charge is 0.481 e. The minimum Gasteiger partial charge on any atom is -0.481 e. The molecule has 1 aromatic rings. The van der Waals surface area contributed by atoms with Gasteiger partial charge in [0.05, 0.1) is 15.9 Å². The Bertz CT molecular complexity index is 537. The summed E-state index contributed by atoms with van der Waals surface area (Å²) in [5.41, 5.74) is -0.206. The number of nitrogens with zero attached hydrogens (tertiary/aromatic N) is 2. The molecule has 2 unspecified atom stereocenters. The van der Waals surface area contributed by atoms with E-state index in [0.717, 1.165) is 12.8 Å². The van der Waals surface area contributed by atoms with Crippen LogP contribution in [0.25, 0.3) is 0 Å². The molecular weight excluding hydrogens is 286 g/mol. The van der Waals surface area contributed by atoms with Gasteiger partial charge in [-0.25, -0.2) is 4.98 Å². The number of halogens is 1. The van der Waals surface area contributed by atoms with Gasteiger partial charge in [-0.3, -0.25) is 14.9 Å². The van der Waals surface area contributed by atoms with E-state index < -0.39 is 16.8 Å². The first-order valence-corrected chi connectivity index (χ1v) is 6.63. The van der Waals surface area contributed by atoms with E-state index >= 15 is 0 Å². The van der Waals surface area contributed by atoms with E-state index in [1.807, 2.05) is 0 Å². The summed E-state index contributed by atoms with van der Waals surface area (Å²) in [6, 6.07) is 1.22.